The highest BCUT2D eigenvalue weighted by Crippen LogP contribution is 2.30. The van der Waals surface area contributed by atoms with Crippen molar-refractivity contribution >= 4 is 15.9 Å². The molecule has 0 aliphatic rings. The number of hydrogen-bond donors (Lipinski definition) is 1. The van der Waals surface area contributed by atoms with Crippen LogP contribution in [0.1, 0.15) is 23.6 Å². The molecule has 0 aliphatic heterocycles. The van der Waals surface area contributed by atoms with Crippen LogP contribution in [0, 0.1) is 0 Å². The molecule has 0 bridgehead atoms. The fourth-order valence-corrected chi connectivity index (χ4v) is 4.96. The van der Waals surface area contributed by atoms with E-state index in [0.29, 0.717) is 24.3 Å². The van der Waals surface area contributed by atoms with Crippen LogP contribution >= 0.6 is 0 Å². The van der Waals surface area contributed by atoms with Crippen LogP contribution < -0.4 is 14.8 Å². The molecule has 8 heteroatoms. The zero-order valence-electron chi connectivity index (χ0n) is 19.6. The summed E-state index contributed by atoms with van der Waals surface area (Å²) in [6.45, 7) is 0.440. The molecule has 1 atom stereocenters. The minimum atomic E-state index is -3.81. The van der Waals surface area contributed by atoms with Gasteiger partial charge in [0.25, 0.3) is 0 Å². The van der Waals surface area contributed by atoms with Crippen molar-refractivity contribution in [2.75, 3.05) is 27.8 Å². The summed E-state index contributed by atoms with van der Waals surface area (Å²) in [4.78, 5) is 13.0. The number of carbonyl (C=O) groups is 1. The number of methoxy groups -OCH3 is 2. The highest BCUT2D eigenvalue weighted by Gasteiger charge is 2.30. The maximum Gasteiger partial charge on any atom is 0.243 e. The summed E-state index contributed by atoms with van der Waals surface area (Å²) in [6.07, 6.45) is 0.637. The van der Waals surface area contributed by atoms with E-state index in [1.54, 1.807) is 68.8 Å². The molecule has 0 saturated carbocycles. The van der Waals surface area contributed by atoms with Crippen molar-refractivity contribution in [1.29, 1.82) is 0 Å². The van der Waals surface area contributed by atoms with E-state index < -0.39 is 16.1 Å². The lowest BCUT2D eigenvalue weighted by molar-refractivity contribution is -0.121. The van der Waals surface area contributed by atoms with Crippen LogP contribution in [0.25, 0.3) is 0 Å². The van der Waals surface area contributed by atoms with E-state index in [9.17, 15) is 13.2 Å². The van der Waals surface area contributed by atoms with Crippen LogP contribution in [0.5, 0.6) is 11.5 Å². The Kier molecular flexibility index (Phi) is 8.67. The minimum Gasteiger partial charge on any atom is -0.497 e. The summed E-state index contributed by atoms with van der Waals surface area (Å²) >= 11 is 0. The first-order chi connectivity index (χ1) is 16.3. The third kappa shape index (κ3) is 6.36. The molecule has 1 N–H and O–H groups in total. The molecule has 180 valence electrons. The van der Waals surface area contributed by atoms with E-state index in [4.69, 9.17) is 9.47 Å². The standard InChI is InChI=1S/C26H30N2O5S/c1-28(34(30,31)24-7-5-4-6-8-24)25(21-11-15-23(33-3)16-12-21)19-26(29)27-18-17-20-9-13-22(32-2)14-10-20/h4-16,25H,17-19H2,1-3H3,(H,27,29)/t25-/m0/s1. The van der Waals surface area contributed by atoms with Crippen LogP contribution in [0.15, 0.2) is 83.8 Å². The van der Waals surface area contributed by atoms with Crippen molar-refractivity contribution in [3.8, 4) is 11.5 Å². The predicted octanol–water partition coefficient (Wildman–Crippen LogP) is 3.81. The van der Waals surface area contributed by atoms with E-state index in [0.717, 1.165) is 11.3 Å². The molecule has 7 nitrogen and oxygen atoms in total. The lowest BCUT2D eigenvalue weighted by Gasteiger charge is -2.28. The zero-order chi connectivity index (χ0) is 24.6. The Bertz CT molecular complexity index is 1160. The first-order valence-corrected chi connectivity index (χ1v) is 12.4. The minimum absolute atomic E-state index is 0.0164. The summed E-state index contributed by atoms with van der Waals surface area (Å²) in [5, 5.41) is 2.91. The number of amides is 1. The molecule has 3 aromatic carbocycles. The number of carbonyl (C=O) groups excluding carboxylic acids is 1. The average molecular weight is 483 g/mol. The Morgan fingerprint density at radius 3 is 2.00 bits per heavy atom. The van der Waals surface area contributed by atoms with Gasteiger partial charge < -0.3 is 14.8 Å². The third-order valence-corrected chi connectivity index (χ3v) is 7.51. The van der Waals surface area contributed by atoms with Gasteiger partial charge in [0.1, 0.15) is 11.5 Å². The molecular formula is C26H30N2O5S. The highest BCUT2D eigenvalue weighted by molar-refractivity contribution is 7.89. The van der Waals surface area contributed by atoms with E-state index in [1.807, 2.05) is 24.3 Å². The number of rotatable bonds is 11. The van der Waals surface area contributed by atoms with Gasteiger partial charge in [-0.15, -0.1) is 0 Å². The molecule has 0 heterocycles. The third-order valence-electron chi connectivity index (χ3n) is 5.63. The Hall–Kier alpha value is -3.36. The van der Waals surface area contributed by atoms with Crippen LogP contribution in [0.4, 0.5) is 0 Å². The Labute approximate surface area is 201 Å². The first-order valence-electron chi connectivity index (χ1n) is 10.9. The first kappa shape index (κ1) is 25.3. The van der Waals surface area contributed by atoms with Gasteiger partial charge in [0.05, 0.1) is 25.2 Å². The van der Waals surface area contributed by atoms with Gasteiger partial charge in [-0.25, -0.2) is 8.42 Å². The van der Waals surface area contributed by atoms with E-state index in [2.05, 4.69) is 5.32 Å². The molecule has 0 spiro atoms. The smallest absolute Gasteiger partial charge is 0.243 e. The second-order valence-corrected chi connectivity index (χ2v) is 9.77. The fourth-order valence-electron chi connectivity index (χ4n) is 3.59. The molecule has 1 amide bonds. The van der Waals surface area contributed by atoms with Crippen LogP contribution in [0.3, 0.4) is 0 Å². The molecule has 0 unspecified atom stereocenters. The highest BCUT2D eigenvalue weighted by atomic mass is 32.2. The lowest BCUT2D eigenvalue weighted by atomic mass is 10.0. The Balaban J connectivity index is 1.74. The van der Waals surface area contributed by atoms with Gasteiger partial charge in [0, 0.05) is 20.0 Å². The summed E-state index contributed by atoms with van der Waals surface area (Å²) < 4.78 is 38.2. The quantitative estimate of drug-likeness (QED) is 0.449. The average Bonchev–Trinajstić information content (AvgIpc) is 2.88. The maximum absolute atomic E-state index is 13.3. The monoisotopic (exact) mass is 482 g/mol. The fraction of sp³-hybridized carbons (Fsp3) is 0.269. The number of nitrogens with zero attached hydrogens (tertiary/aromatic N) is 1. The molecule has 0 radical (unpaired) electrons. The topological polar surface area (TPSA) is 84.9 Å². The van der Waals surface area contributed by atoms with Crippen LogP contribution in [0.2, 0.25) is 0 Å². The van der Waals surface area contributed by atoms with Crippen LogP contribution in [-0.2, 0) is 21.2 Å². The van der Waals surface area contributed by atoms with Gasteiger partial charge in [0.2, 0.25) is 15.9 Å². The summed E-state index contributed by atoms with van der Waals surface area (Å²) in [5.41, 5.74) is 1.77. The number of nitrogens with one attached hydrogen (secondary N) is 1. The molecule has 34 heavy (non-hydrogen) atoms. The molecule has 0 aromatic heterocycles. The molecular weight excluding hydrogens is 452 g/mol. The van der Waals surface area contributed by atoms with Crippen molar-refractivity contribution in [2.24, 2.45) is 0 Å². The number of benzene rings is 3. The molecule has 0 aliphatic carbocycles. The second-order valence-electron chi connectivity index (χ2n) is 7.78. The van der Waals surface area contributed by atoms with Crippen molar-refractivity contribution in [3.05, 3.63) is 90.0 Å². The van der Waals surface area contributed by atoms with Gasteiger partial charge in [-0.05, 0) is 53.9 Å². The predicted molar refractivity (Wildman–Crippen MR) is 131 cm³/mol. The summed E-state index contributed by atoms with van der Waals surface area (Å²) in [6, 6.07) is 22.3. The van der Waals surface area contributed by atoms with E-state index >= 15 is 0 Å². The van der Waals surface area contributed by atoms with Crippen molar-refractivity contribution in [2.45, 2.75) is 23.8 Å². The van der Waals surface area contributed by atoms with E-state index in [-0.39, 0.29) is 17.2 Å². The molecule has 0 fully saturated rings. The molecule has 0 saturated heterocycles. The van der Waals surface area contributed by atoms with Crippen molar-refractivity contribution in [3.63, 3.8) is 0 Å². The van der Waals surface area contributed by atoms with Crippen molar-refractivity contribution in [1.82, 2.24) is 9.62 Å². The Morgan fingerprint density at radius 1 is 0.882 bits per heavy atom. The maximum atomic E-state index is 13.3. The van der Waals surface area contributed by atoms with Gasteiger partial charge in [-0.3, -0.25) is 4.79 Å². The van der Waals surface area contributed by atoms with Gasteiger partial charge in [-0.1, -0.05) is 42.5 Å². The summed E-state index contributed by atoms with van der Waals surface area (Å²) in [7, 11) is 0.873. The largest absolute Gasteiger partial charge is 0.497 e. The number of sulfonamides is 1. The van der Waals surface area contributed by atoms with Crippen LogP contribution in [-0.4, -0.2) is 46.4 Å². The van der Waals surface area contributed by atoms with Gasteiger partial charge in [-0.2, -0.15) is 4.31 Å². The lowest BCUT2D eigenvalue weighted by Crippen LogP contribution is -2.36. The number of ether oxygens (including phenoxy) is 2. The normalized spacial score (nSPS) is 12.2. The molecule has 3 aromatic rings. The van der Waals surface area contributed by atoms with E-state index in [1.165, 1.54) is 11.4 Å². The zero-order valence-corrected chi connectivity index (χ0v) is 20.4. The van der Waals surface area contributed by atoms with Gasteiger partial charge >= 0.3 is 0 Å². The number of hydrogen-bond acceptors (Lipinski definition) is 5. The van der Waals surface area contributed by atoms with Gasteiger partial charge in [0.15, 0.2) is 0 Å². The SMILES string of the molecule is COc1ccc(CCNC(=O)C[C@@H](c2ccc(OC)cc2)N(C)S(=O)(=O)c2ccccc2)cc1. The summed E-state index contributed by atoms with van der Waals surface area (Å²) in [5.74, 6) is 1.20. The Morgan fingerprint density at radius 2 is 1.44 bits per heavy atom. The second kappa shape index (κ2) is 11.7. The molecule has 3 rings (SSSR count). The van der Waals surface area contributed by atoms with Crippen molar-refractivity contribution < 1.29 is 22.7 Å².